The van der Waals surface area contributed by atoms with Crippen LogP contribution >= 0.6 is 0 Å². The van der Waals surface area contributed by atoms with E-state index in [4.69, 9.17) is 9.47 Å². The third-order valence-corrected chi connectivity index (χ3v) is 6.32. The number of fused-ring (bicyclic) bond motifs is 2. The fourth-order valence-electron chi connectivity index (χ4n) is 4.31. The summed E-state index contributed by atoms with van der Waals surface area (Å²) in [7, 11) is 0. The van der Waals surface area contributed by atoms with Crippen LogP contribution in [0.3, 0.4) is 0 Å². The molecule has 0 aromatic rings. The number of hydrogen-bond donors (Lipinski definition) is 1. The Bertz CT molecular complexity index is 728. The molecule has 0 saturated heterocycles. The largest absolute Gasteiger partial charge is 0.453 e. The van der Waals surface area contributed by atoms with Gasteiger partial charge in [-0.15, -0.1) is 0 Å². The third kappa shape index (κ3) is 2.48. The minimum atomic E-state index is -1.71. The van der Waals surface area contributed by atoms with Crippen molar-refractivity contribution in [2.24, 2.45) is 11.3 Å². The number of aliphatic hydroxyl groups is 1. The molecule has 0 aromatic carbocycles. The van der Waals surface area contributed by atoms with Crippen LogP contribution in [0.5, 0.6) is 0 Å². The molecule has 1 fully saturated rings. The minimum Gasteiger partial charge on any atom is -0.453 e. The molecule has 0 radical (unpaired) electrons. The van der Waals surface area contributed by atoms with Crippen LogP contribution in [0.2, 0.25) is 0 Å². The molecule has 4 atom stereocenters. The number of carbonyl (C=O) groups excluding carboxylic acids is 2. The van der Waals surface area contributed by atoms with E-state index in [0.717, 1.165) is 18.4 Å². The zero-order valence-electron chi connectivity index (χ0n) is 15.5. The molecule has 1 heterocycles. The van der Waals surface area contributed by atoms with Gasteiger partial charge in [0, 0.05) is 23.0 Å². The Balaban J connectivity index is 2.16. The summed E-state index contributed by atoms with van der Waals surface area (Å²) in [6.07, 6.45) is 5.18. The highest BCUT2D eigenvalue weighted by Crippen LogP contribution is 2.58. The average Bonchev–Trinajstić information content (AvgIpc) is 2.78. The minimum absolute atomic E-state index is 0.239. The van der Waals surface area contributed by atoms with Crippen LogP contribution in [-0.4, -0.2) is 28.9 Å². The Morgan fingerprint density at radius 2 is 2.16 bits per heavy atom. The zero-order chi connectivity index (χ0) is 18.6. The molecule has 25 heavy (non-hydrogen) atoms. The fraction of sp³-hybridized carbons (Fsp3) is 0.600. The molecule has 0 unspecified atom stereocenters. The van der Waals surface area contributed by atoms with E-state index in [-0.39, 0.29) is 12.3 Å². The topological polar surface area (TPSA) is 72.8 Å². The number of esters is 2. The second-order valence-corrected chi connectivity index (χ2v) is 7.64. The van der Waals surface area contributed by atoms with Gasteiger partial charge in [-0.25, -0.2) is 9.59 Å². The smallest absolute Gasteiger partial charge is 0.336 e. The summed E-state index contributed by atoms with van der Waals surface area (Å²) in [4.78, 5) is 24.7. The van der Waals surface area contributed by atoms with Crippen molar-refractivity contribution < 1.29 is 24.2 Å². The summed E-state index contributed by atoms with van der Waals surface area (Å²) in [6, 6.07) is 0. The average molecular weight is 346 g/mol. The Morgan fingerprint density at radius 3 is 2.80 bits per heavy atom. The lowest BCUT2D eigenvalue weighted by molar-refractivity contribution is -0.197. The molecule has 1 aliphatic heterocycles. The van der Waals surface area contributed by atoms with Gasteiger partial charge < -0.3 is 14.6 Å². The van der Waals surface area contributed by atoms with Crippen LogP contribution in [0, 0.1) is 11.3 Å². The van der Waals surface area contributed by atoms with Gasteiger partial charge in [-0.3, -0.25) is 0 Å². The normalized spacial score (nSPS) is 37.9. The summed E-state index contributed by atoms with van der Waals surface area (Å²) in [5, 5.41) is 11.0. The van der Waals surface area contributed by atoms with Crippen LogP contribution in [0.25, 0.3) is 0 Å². The second-order valence-electron chi connectivity index (χ2n) is 7.64. The fourth-order valence-corrected chi connectivity index (χ4v) is 4.31. The summed E-state index contributed by atoms with van der Waals surface area (Å²) in [5.74, 6) is -2.44. The van der Waals surface area contributed by atoms with Gasteiger partial charge >= 0.3 is 11.9 Å². The van der Waals surface area contributed by atoms with Crippen LogP contribution in [0.15, 0.2) is 34.4 Å². The molecule has 1 saturated carbocycles. The van der Waals surface area contributed by atoms with Crippen molar-refractivity contribution in [1.29, 1.82) is 0 Å². The highest BCUT2D eigenvalue weighted by Gasteiger charge is 2.62. The zero-order valence-corrected chi connectivity index (χ0v) is 15.5. The van der Waals surface area contributed by atoms with Gasteiger partial charge in [-0.1, -0.05) is 31.6 Å². The third-order valence-electron chi connectivity index (χ3n) is 6.32. The lowest BCUT2D eigenvalue weighted by Gasteiger charge is -2.52. The number of ether oxygens (including phenoxy) is 2. The predicted octanol–water partition coefficient (Wildman–Crippen LogP) is 3.19. The molecule has 0 spiro atoms. The van der Waals surface area contributed by atoms with E-state index >= 15 is 0 Å². The van der Waals surface area contributed by atoms with E-state index < -0.39 is 29.2 Å². The summed E-state index contributed by atoms with van der Waals surface area (Å²) < 4.78 is 11.2. The van der Waals surface area contributed by atoms with Gasteiger partial charge in [0.15, 0.2) is 0 Å². The summed E-state index contributed by atoms with van der Waals surface area (Å²) in [5.41, 5.74) is 1.78. The Morgan fingerprint density at radius 1 is 1.48 bits per heavy atom. The molecule has 3 rings (SSSR count). The van der Waals surface area contributed by atoms with E-state index in [9.17, 15) is 14.7 Å². The summed E-state index contributed by atoms with van der Waals surface area (Å²) >= 11 is 0. The molecule has 5 heteroatoms. The van der Waals surface area contributed by atoms with E-state index in [1.165, 1.54) is 0 Å². The first kappa shape index (κ1) is 17.9. The molecular weight excluding hydrogens is 320 g/mol. The van der Waals surface area contributed by atoms with E-state index in [0.29, 0.717) is 16.7 Å². The van der Waals surface area contributed by atoms with Crippen molar-refractivity contribution in [3.63, 3.8) is 0 Å². The predicted molar refractivity (Wildman–Crippen MR) is 92.3 cm³/mol. The maximum atomic E-state index is 12.5. The second kappa shape index (κ2) is 5.84. The quantitative estimate of drug-likeness (QED) is 0.472. The van der Waals surface area contributed by atoms with Crippen molar-refractivity contribution in [1.82, 2.24) is 0 Å². The van der Waals surface area contributed by atoms with Crippen LogP contribution in [0.1, 0.15) is 53.9 Å². The first-order chi connectivity index (χ1) is 11.6. The molecule has 0 amide bonds. The van der Waals surface area contributed by atoms with Crippen LogP contribution < -0.4 is 0 Å². The van der Waals surface area contributed by atoms with Crippen molar-refractivity contribution in [3.8, 4) is 0 Å². The molecule has 3 aliphatic rings. The molecule has 0 aromatic heterocycles. The number of allylic oxidation sites excluding steroid dienone is 2. The Kier molecular flexibility index (Phi) is 4.18. The highest BCUT2D eigenvalue weighted by atomic mass is 16.7. The maximum Gasteiger partial charge on any atom is 0.336 e. The van der Waals surface area contributed by atoms with Gasteiger partial charge in [-0.05, 0) is 39.5 Å². The summed E-state index contributed by atoms with van der Waals surface area (Å²) in [6.45, 7) is 9.29. The first-order valence-electron chi connectivity index (χ1n) is 8.85. The maximum absolute atomic E-state index is 12.5. The van der Waals surface area contributed by atoms with Gasteiger partial charge in [0.1, 0.15) is 6.10 Å². The first-order valence-corrected chi connectivity index (χ1v) is 8.85. The van der Waals surface area contributed by atoms with Crippen LogP contribution in [-0.2, 0) is 19.1 Å². The molecule has 136 valence electrons. The monoisotopic (exact) mass is 346 g/mol. The van der Waals surface area contributed by atoms with Crippen molar-refractivity contribution in [2.75, 3.05) is 0 Å². The SMILES string of the molecule is C/C=C(/C)C(=O)O[C@@H]1C2=C(C)C(=O)O[C@]2(O)CC2=CCC[C@H](C)[C@]21C. The Hall–Kier alpha value is -1.88. The standard InChI is InChI=1S/C20H26O5/c1-6-11(2)17(21)24-16-15-13(4)18(22)25-20(15,23)10-14-9-7-8-12(3)19(14,16)5/h6,9,12,16,23H,7-8,10H2,1-5H3/b11-6-/t12-,16+,19+,20+/m0/s1. The number of carbonyl (C=O) groups is 2. The lowest BCUT2D eigenvalue weighted by atomic mass is 9.56. The van der Waals surface area contributed by atoms with E-state index in [1.807, 2.05) is 0 Å². The van der Waals surface area contributed by atoms with Crippen LogP contribution in [0.4, 0.5) is 0 Å². The number of hydrogen-bond acceptors (Lipinski definition) is 5. The van der Waals surface area contributed by atoms with Gasteiger partial charge in [-0.2, -0.15) is 0 Å². The van der Waals surface area contributed by atoms with Gasteiger partial charge in [0.05, 0.1) is 5.57 Å². The lowest BCUT2D eigenvalue weighted by Crippen LogP contribution is -2.55. The molecular formula is C20H26O5. The molecule has 2 aliphatic carbocycles. The highest BCUT2D eigenvalue weighted by molar-refractivity contribution is 5.93. The van der Waals surface area contributed by atoms with E-state index in [1.54, 1.807) is 26.8 Å². The number of rotatable bonds is 2. The van der Waals surface area contributed by atoms with Gasteiger partial charge in [0.25, 0.3) is 0 Å². The molecule has 0 bridgehead atoms. The van der Waals surface area contributed by atoms with Crippen molar-refractivity contribution in [3.05, 3.63) is 34.4 Å². The van der Waals surface area contributed by atoms with Gasteiger partial charge in [0.2, 0.25) is 5.79 Å². The Labute approximate surface area is 148 Å². The van der Waals surface area contributed by atoms with Crippen molar-refractivity contribution >= 4 is 11.9 Å². The van der Waals surface area contributed by atoms with E-state index in [2.05, 4.69) is 19.9 Å². The van der Waals surface area contributed by atoms with Crippen molar-refractivity contribution in [2.45, 2.75) is 65.8 Å². The molecule has 5 nitrogen and oxygen atoms in total. The molecule has 1 N–H and O–H groups in total.